The molecule has 0 heterocycles. The molecule has 2 rings (SSSR count). The summed E-state index contributed by atoms with van der Waals surface area (Å²) in [4.78, 5) is 12.6. The highest BCUT2D eigenvalue weighted by molar-refractivity contribution is 9.10. The molecule has 0 saturated heterocycles. The van der Waals surface area contributed by atoms with Gasteiger partial charge in [0.2, 0.25) is 0 Å². The lowest BCUT2D eigenvalue weighted by Crippen LogP contribution is -2.12. The molecule has 0 fully saturated rings. The van der Waals surface area contributed by atoms with Crippen molar-refractivity contribution in [3.63, 3.8) is 0 Å². The SMILES string of the molecule is COc1ccccc1C(C#N)C(=O)c1cc(Cl)cc(Br)c1. The molecule has 0 aliphatic rings. The summed E-state index contributed by atoms with van der Waals surface area (Å²) in [6, 6.07) is 13.9. The number of carbonyl (C=O) groups excluding carboxylic acids is 1. The molecular formula is C16H11BrClNO2. The highest BCUT2D eigenvalue weighted by Crippen LogP contribution is 2.30. The monoisotopic (exact) mass is 363 g/mol. The third-order valence-corrected chi connectivity index (χ3v) is 3.66. The average Bonchev–Trinajstić information content (AvgIpc) is 2.47. The van der Waals surface area contributed by atoms with Gasteiger partial charge in [0, 0.05) is 20.6 Å². The van der Waals surface area contributed by atoms with Gasteiger partial charge in [-0.2, -0.15) is 5.26 Å². The first-order valence-corrected chi connectivity index (χ1v) is 7.26. The molecule has 2 aromatic rings. The van der Waals surface area contributed by atoms with Crippen molar-refractivity contribution in [3.05, 3.63) is 63.1 Å². The van der Waals surface area contributed by atoms with Crippen LogP contribution in [-0.2, 0) is 0 Å². The van der Waals surface area contributed by atoms with Gasteiger partial charge in [-0.25, -0.2) is 0 Å². The Morgan fingerprint density at radius 1 is 1.33 bits per heavy atom. The molecule has 0 aliphatic heterocycles. The van der Waals surface area contributed by atoms with Crippen molar-refractivity contribution in [1.29, 1.82) is 5.26 Å². The fourth-order valence-electron chi connectivity index (χ4n) is 2.04. The fourth-order valence-corrected chi connectivity index (χ4v) is 2.90. The molecule has 1 unspecified atom stereocenters. The zero-order valence-electron chi connectivity index (χ0n) is 11.1. The quantitative estimate of drug-likeness (QED) is 0.745. The van der Waals surface area contributed by atoms with E-state index in [0.717, 1.165) is 0 Å². The van der Waals surface area contributed by atoms with Crippen molar-refractivity contribution in [3.8, 4) is 11.8 Å². The van der Waals surface area contributed by atoms with Crippen molar-refractivity contribution in [2.75, 3.05) is 7.11 Å². The first-order chi connectivity index (χ1) is 10.1. The molecule has 0 N–H and O–H groups in total. The average molecular weight is 365 g/mol. The van der Waals surface area contributed by atoms with E-state index < -0.39 is 5.92 Å². The normalized spacial score (nSPS) is 11.5. The Morgan fingerprint density at radius 2 is 2.05 bits per heavy atom. The number of ether oxygens (including phenoxy) is 1. The van der Waals surface area contributed by atoms with E-state index in [1.54, 1.807) is 42.5 Å². The second kappa shape index (κ2) is 6.75. The molecular weight excluding hydrogens is 354 g/mol. The minimum atomic E-state index is -0.938. The van der Waals surface area contributed by atoms with Gasteiger partial charge in [0.25, 0.3) is 0 Å². The number of nitrogens with zero attached hydrogens (tertiary/aromatic N) is 1. The van der Waals surface area contributed by atoms with Crippen LogP contribution in [-0.4, -0.2) is 12.9 Å². The van der Waals surface area contributed by atoms with Crippen molar-refractivity contribution in [2.45, 2.75) is 5.92 Å². The highest BCUT2D eigenvalue weighted by atomic mass is 79.9. The number of ketones is 1. The molecule has 2 aromatic carbocycles. The van der Waals surface area contributed by atoms with Gasteiger partial charge in [-0.15, -0.1) is 0 Å². The Labute approximate surface area is 136 Å². The van der Waals surface area contributed by atoms with Crippen LogP contribution in [0.4, 0.5) is 0 Å². The predicted molar refractivity (Wildman–Crippen MR) is 84.8 cm³/mol. The zero-order valence-corrected chi connectivity index (χ0v) is 13.5. The van der Waals surface area contributed by atoms with Gasteiger partial charge in [0.05, 0.1) is 13.2 Å². The number of carbonyl (C=O) groups is 1. The van der Waals surface area contributed by atoms with Gasteiger partial charge in [0.1, 0.15) is 11.7 Å². The number of nitriles is 1. The molecule has 0 bridgehead atoms. The van der Waals surface area contributed by atoms with Gasteiger partial charge < -0.3 is 4.74 Å². The summed E-state index contributed by atoms with van der Waals surface area (Å²) in [5.74, 6) is -0.741. The molecule has 21 heavy (non-hydrogen) atoms. The number of methoxy groups -OCH3 is 1. The topological polar surface area (TPSA) is 50.1 Å². The summed E-state index contributed by atoms with van der Waals surface area (Å²) in [5.41, 5.74) is 0.926. The number of halogens is 2. The summed E-state index contributed by atoms with van der Waals surface area (Å²) in [6.07, 6.45) is 0. The Balaban J connectivity index is 2.46. The molecule has 106 valence electrons. The maximum absolute atomic E-state index is 12.6. The van der Waals surface area contributed by atoms with Crippen LogP contribution in [0.15, 0.2) is 46.9 Å². The van der Waals surface area contributed by atoms with E-state index in [1.165, 1.54) is 7.11 Å². The van der Waals surface area contributed by atoms with Crippen LogP contribution >= 0.6 is 27.5 Å². The molecule has 0 aliphatic carbocycles. The van der Waals surface area contributed by atoms with Crippen LogP contribution in [0.5, 0.6) is 5.75 Å². The van der Waals surface area contributed by atoms with Gasteiger partial charge in [-0.3, -0.25) is 4.79 Å². The van der Waals surface area contributed by atoms with E-state index in [4.69, 9.17) is 16.3 Å². The second-order valence-electron chi connectivity index (χ2n) is 4.33. The van der Waals surface area contributed by atoms with E-state index in [0.29, 0.717) is 26.4 Å². The lowest BCUT2D eigenvalue weighted by atomic mass is 9.91. The van der Waals surface area contributed by atoms with Crippen LogP contribution in [0.3, 0.4) is 0 Å². The Bertz CT molecular complexity index is 704. The molecule has 3 nitrogen and oxygen atoms in total. The first kappa shape index (κ1) is 15.6. The largest absolute Gasteiger partial charge is 0.496 e. The van der Waals surface area contributed by atoms with Crippen molar-refractivity contribution in [2.24, 2.45) is 0 Å². The number of benzene rings is 2. The fraction of sp³-hybridized carbons (Fsp3) is 0.125. The molecule has 0 aromatic heterocycles. The predicted octanol–water partition coefficient (Wildman–Crippen LogP) is 4.60. The van der Waals surface area contributed by atoms with Crippen molar-refractivity contribution >= 4 is 33.3 Å². The van der Waals surface area contributed by atoms with Gasteiger partial charge >= 0.3 is 0 Å². The summed E-state index contributed by atoms with van der Waals surface area (Å²) in [5, 5.41) is 9.83. The van der Waals surface area contributed by atoms with Crippen LogP contribution in [0.2, 0.25) is 5.02 Å². The van der Waals surface area contributed by atoms with E-state index >= 15 is 0 Å². The van der Waals surface area contributed by atoms with Crippen LogP contribution in [0, 0.1) is 11.3 Å². The summed E-state index contributed by atoms with van der Waals surface area (Å²) < 4.78 is 5.91. The van der Waals surface area contributed by atoms with Crippen LogP contribution in [0.25, 0.3) is 0 Å². The molecule has 1 atom stereocenters. The Kier molecular flexibility index (Phi) is 5.00. The standard InChI is InChI=1S/C16H11BrClNO2/c1-21-15-5-3-2-4-13(15)14(9-19)16(20)10-6-11(17)8-12(18)7-10/h2-8,14H,1H3. The van der Waals surface area contributed by atoms with E-state index in [1.807, 2.05) is 6.07 Å². The summed E-state index contributed by atoms with van der Waals surface area (Å²) in [7, 11) is 1.51. The highest BCUT2D eigenvalue weighted by Gasteiger charge is 2.25. The summed E-state index contributed by atoms with van der Waals surface area (Å²) >= 11 is 9.25. The maximum Gasteiger partial charge on any atom is 0.184 e. The number of hydrogen-bond acceptors (Lipinski definition) is 3. The minimum absolute atomic E-state index is 0.315. The van der Waals surface area contributed by atoms with E-state index in [9.17, 15) is 10.1 Å². The molecule has 0 spiro atoms. The third-order valence-electron chi connectivity index (χ3n) is 2.99. The van der Waals surface area contributed by atoms with Crippen molar-refractivity contribution in [1.82, 2.24) is 0 Å². The van der Waals surface area contributed by atoms with Crippen molar-refractivity contribution < 1.29 is 9.53 Å². The molecule has 0 amide bonds. The number of para-hydroxylation sites is 1. The molecule has 0 radical (unpaired) electrons. The number of hydrogen-bond donors (Lipinski definition) is 0. The summed E-state index contributed by atoms with van der Waals surface area (Å²) in [6.45, 7) is 0. The van der Waals surface area contributed by atoms with E-state index in [2.05, 4.69) is 15.9 Å². The molecule has 5 heteroatoms. The Hall–Kier alpha value is -1.83. The minimum Gasteiger partial charge on any atom is -0.496 e. The first-order valence-electron chi connectivity index (χ1n) is 6.09. The molecule has 0 saturated carbocycles. The lowest BCUT2D eigenvalue weighted by molar-refractivity contribution is 0.0977. The second-order valence-corrected chi connectivity index (χ2v) is 5.68. The van der Waals surface area contributed by atoms with E-state index in [-0.39, 0.29) is 5.78 Å². The Morgan fingerprint density at radius 3 is 2.67 bits per heavy atom. The zero-order chi connectivity index (χ0) is 15.4. The smallest absolute Gasteiger partial charge is 0.184 e. The van der Waals surface area contributed by atoms with Gasteiger partial charge in [-0.1, -0.05) is 45.7 Å². The maximum atomic E-state index is 12.6. The van der Waals surface area contributed by atoms with Crippen LogP contribution in [0.1, 0.15) is 21.8 Å². The number of rotatable bonds is 4. The number of Topliss-reactive ketones (excluding diaryl/α,β-unsaturated/α-hetero) is 1. The third kappa shape index (κ3) is 3.44. The van der Waals surface area contributed by atoms with Crippen LogP contribution < -0.4 is 4.74 Å². The van der Waals surface area contributed by atoms with Gasteiger partial charge in [-0.05, 0) is 24.3 Å². The lowest BCUT2D eigenvalue weighted by Gasteiger charge is -2.13. The van der Waals surface area contributed by atoms with Gasteiger partial charge in [0.15, 0.2) is 5.78 Å².